The molecular weight excluding hydrogens is 305 g/mol. The van der Waals surface area contributed by atoms with E-state index >= 15 is 0 Å². The summed E-state index contributed by atoms with van der Waals surface area (Å²) >= 11 is 14.5. The third-order valence-electron chi connectivity index (χ3n) is 1.92. The van der Waals surface area contributed by atoms with Gasteiger partial charge in [-0.3, -0.25) is 0 Å². The fraction of sp³-hybridized carbons (Fsp3) is 0.444. The molecule has 1 aromatic rings. The summed E-state index contributed by atoms with van der Waals surface area (Å²) in [4.78, 5) is 3.86. The van der Waals surface area contributed by atoms with Crippen molar-refractivity contribution in [1.82, 2.24) is 4.98 Å². The Balaban J connectivity index is 2.89. The lowest BCUT2D eigenvalue weighted by molar-refractivity contribution is 0.0168. The summed E-state index contributed by atoms with van der Waals surface area (Å²) in [6, 6.07) is 1.62. The Bertz CT molecular complexity index is 338. The van der Waals surface area contributed by atoms with Crippen molar-refractivity contribution in [3.05, 3.63) is 27.5 Å². The molecule has 0 aromatic carbocycles. The molecule has 15 heavy (non-hydrogen) atoms. The standard InChI is InChI=1S/C9H10BrCl2NO2/c10-5-3-6(9(12)13-4-5)8(15)7(14)1-2-11/h3-4,7-8,14-15H,1-2H2. The number of hydrogen-bond acceptors (Lipinski definition) is 3. The molecule has 0 aliphatic rings. The van der Waals surface area contributed by atoms with Gasteiger partial charge in [0.2, 0.25) is 0 Å². The molecule has 84 valence electrons. The molecule has 2 N–H and O–H groups in total. The number of alkyl halides is 1. The first-order chi connectivity index (χ1) is 7.06. The number of aliphatic hydroxyl groups excluding tert-OH is 2. The van der Waals surface area contributed by atoms with E-state index in [1.165, 1.54) is 6.20 Å². The first-order valence-corrected chi connectivity index (χ1v) is 6.00. The highest BCUT2D eigenvalue weighted by Gasteiger charge is 2.21. The summed E-state index contributed by atoms with van der Waals surface area (Å²) in [6.07, 6.45) is -0.185. The van der Waals surface area contributed by atoms with E-state index in [-0.39, 0.29) is 11.0 Å². The van der Waals surface area contributed by atoms with Gasteiger partial charge in [-0.15, -0.1) is 11.6 Å². The zero-order valence-corrected chi connectivity index (χ0v) is 10.8. The molecule has 0 bridgehead atoms. The predicted octanol–water partition coefficient (Wildman–Crippen LogP) is 2.52. The highest BCUT2D eigenvalue weighted by Crippen LogP contribution is 2.27. The zero-order chi connectivity index (χ0) is 11.4. The molecule has 1 heterocycles. The maximum atomic E-state index is 9.77. The van der Waals surface area contributed by atoms with Crippen LogP contribution < -0.4 is 0 Å². The molecule has 0 fully saturated rings. The third kappa shape index (κ3) is 3.57. The fourth-order valence-corrected chi connectivity index (χ4v) is 1.91. The monoisotopic (exact) mass is 313 g/mol. The Kier molecular flexibility index (Phi) is 5.29. The summed E-state index contributed by atoms with van der Waals surface area (Å²) in [5.41, 5.74) is 0.392. The number of rotatable bonds is 4. The number of aliphatic hydroxyl groups is 2. The highest BCUT2D eigenvalue weighted by molar-refractivity contribution is 9.10. The minimum atomic E-state index is -1.07. The molecule has 3 nitrogen and oxygen atoms in total. The van der Waals surface area contributed by atoms with E-state index in [1.807, 2.05) is 0 Å². The van der Waals surface area contributed by atoms with Crippen molar-refractivity contribution in [3.63, 3.8) is 0 Å². The maximum absolute atomic E-state index is 9.77. The van der Waals surface area contributed by atoms with Crippen molar-refractivity contribution in [2.45, 2.75) is 18.6 Å². The molecule has 0 aliphatic carbocycles. The van der Waals surface area contributed by atoms with Gasteiger partial charge in [-0.1, -0.05) is 11.6 Å². The molecule has 0 aliphatic heterocycles. The number of pyridine rings is 1. The molecule has 0 saturated carbocycles. The van der Waals surface area contributed by atoms with Crippen molar-refractivity contribution in [2.75, 3.05) is 5.88 Å². The van der Waals surface area contributed by atoms with Crippen LogP contribution in [0.4, 0.5) is 0 Å². The van der Waals surface area contributed by atoms with Crippen LogP contribution in [-0.2, 0) is 0 Å². The Morgan fingerprint density at radius 3 is 2.73 bits per heavy atom. The van der Waals surface area contributed by atoms with E-state index in [9.17, 15) is 10.2 Å². The van der Waals surface area contributed by atoms with Crippen molar-refractivity contribution in [1.29, 1.82) is 0 Å². The molecule has 6 heteroatoms. The Labute approximate surface area is 106 Å². The lowest BCUT2D eigenvalue weighted by Gasteiger charge is -2.17. The zero-order valence-electron chi connectivity index (χ0n) is 7.70. The van der Waals surface area contributed by atoms with Gasteiger partial charge in [0.05, 0.1) is 6.10 Å². The average Bonchev–Trinajstić information content (AvgIpc) is 2.21. The van der Waals surface area contributed by atoms with Crippen LogP contribution in [0.25, 0.3) is 0 Å². The van der Waals surface area contributed by atoms with Gasteiger partial charge in [0, 0.05) is 22.1 Å². The second kappa shape index (κ2) is 6.01. The molecule has 0 radical (unpaired) electrons. The van der Waals surface area contributed by atoms with Crippen LogP contribution in [-0.4, -0.2) is 27.2 Å². The highest BCUT2D eigenvalue weighted by atomic mass is 79.9. The van der Waals surface area contributed by atoms with E-state index < -0.39 is 12.2 Å². The number of nitrogens with zero attached hydrogens (tertiary/aromatic N) is 1. The van der Waals surface area contributed by atoms with Crippen molar-refractivity contribution in [3.8, 4) is 0 Å². The fourth-order valence-electron chi connectivity index (χ4n) is 1.12. The maximum Gasteiger partial charge on any atom is 0.134 e. The van der Waals surface area contributed by atoms with E-state index in [0.29, 0.717) is 16.5 Å². The minimum absolute atomic E-state index is 0.180. The normalized spacial score (nSPS) is 15.0. The molecular formula is C9H10BrCl2NO2. The van der Waals surface area contributed by atoms with E-state index in [4.69, 9.17) is 23.2 Å². The quantitative estimate of drug-likeness (QED) is 0.663. The van der Waals surface area contributed by atoms with Crippen LogP contribution in [0.1, 0.15) is 18.1 Å². The van der Waals surface area contributed by atoms with Gasteiger partial charge in [0.15, 0.2) is 0 Å². The Morgan fingerprint density at radius 1 is 1.47 bits per heavy atom. The Morgan fingerprint density at radius 2 is 2.13 bits per heavy atom. The van der Waals surface area contributed by atoms with Crippen LogP contribution in [0.15, 0.2) is 16.7 Å². The molecule has 2 unspecified atom stereocenters. The predicted molar refractivity (Wildman–Crippen MR) is 63.3 cm³/mol. The summed E-state index contributed by atoms with van der Waals surface area (Å²) in [5, 5.41) is 19.5. The molecule has 0 amide bonds. The number of aromatic nitrogens is 1. The van der Waals surface area contributed by atoms with Crippen LogP contribution >= 0.6 is 39.1 Å². The molecule has 0 saturated heterocycles. The first kappa shape index (κ1) is 13.2. The van der Waals surface area contributed by atoms with Crippen molar-refractivity contribution in [2.24, 2.45) is 0 Å². The molecule has 2 atom stereocenters. The van der Waals surface area contributed by atoms with Crippen molar-refractivity contribution < 1.29 is 10.2 Å². The molecule has 1 rings (SSSR count). The van der Waals surface area contributed by atoms with E-state index in [0.717, 1.165) is 0 Å². The van der Waals surface area contributed by atoms with Gasteiger partial charge in [0.25, 0.3) is 0 Å². The van der Waals surface area contributed by atoms with Crippen LogP contribution in [0.2, 0.25) is 5.15 Å². The van der Waals surface area contributed by atoms with Crippen LogP contribution in [0.3, 0.4) is 0 Å². The largest absolute Gasteiger partial charge is 0.390 e. The van der Waals surface area contributed by atoms with Gasteiger partial charge in [-0.2, -0.15) is 0 Å². The number of halogens is 3. The van der Waals surface area contributed by atoms with Crippen LogP contribution in [0, 0.1) is 0 Å². The summed E-state index contributed by atoms with van der Waals surface area (Å²) < 4.78 is 0.694. The average molecular weight is 315 g/mol. The second-order valence-corrected chi connectivity index (χ2v) is 4.68. The van der Waals surface area contributed by atoms with Gasteiger partial charge in [-0.05, 0) is 28.4 Å². The topological polar surface area (TPSA) is 53.4 Å². The first-order valence-electron chi connectivity index (χ1n) is 4.29. The molecule has 0 spiro atoms. The smallest absolute Gasteiger partial charge is 0.134 e. The Hall–Kier alpha value is 0.130. The van der Waals surface area contributed by atoms with Gasteiger partial charge in [-0.25, -0.2) is 4.98 Å². The third-order valence-corrected chi connectivity index (χ3v) is 2.89. The van der Waals surface area contributed by atoms with E-state index in [1.54, 1.807) is 6.07 Å². The van der Waals surface area contributed by atoms with Gasteiger partial charge >= 0.3 is 0 Å². The SMILES string of the molecule is OC(CCCl)C(O)c1cc(Br)cnc1Cl. The van der Waals surface area contributed by atoms with E-state index in [2.05, 4.69) is 20.9 Å². The minimum Gasteiger partial charge on any atom is -0.390 e. The van der Waals surface area contributed by atoms with Gasteiger partial charge < -0.3 is 10.2 Å². The lowest BCUT2D eigenvalue weighted by Crippen LogP contribution is -2.19. The summed E-state index contributed by atoms with van der Waals surface area (Å²) in [5.74, 6) is 0.275. The van der Waals surface area contributed by atoms with Crippen molar-refractivity contribution >= 4 is 39.1 Å². The summed E-state index contributed by atoms with van der Waals surface area (Å²) in [7, 11) is 0. The van der Waals surface area contributed by atoms with Crippen LogP contribution in [0.5, 0.6) is 0 Å². The number of hydrogen-bond donors (Lipinski definition) is 2. The van der Waals surface area contributed by atoms with Gasteiger partial charge in [0.1, 0.15) is 11.3 Å². The second-order valence-electron chi connectivity index (χ2n) is 3.02. The molecule has 1 aromatic heterocycles. The summed E-state index contributed by atoms with van der Waals surface area (Å²) in [6.45, 7) is 0. The lowest BCUT2D eigenvalue weighted by atomic mass is 10.0.